The molecule has 0 unspecified atom stereocenters. The SMILES string of the molecule is COc1ccc(NC(=O)CCC(=O)c2ccc3c(c2)CCCC3)c([N+](=O)[O-])c1. The molecule has 0 fully saturated rings. The number of ketones is 1. The molecule has 1 aliphatic carbocycles. The number of nitro groups is 1. The first-order valence-corrected chi connectivity index (χ1v) is 9.25. The lowest BCUT2D eigenvalue weighted by Crippen LogP contribution is -2.15. The van der Waals surface area contributed by atoms with Gasteiger partial charge in [-0.3, -0.25) is 19.7 Å². The van der Waals surface area contributed by atoms with Crippen molar-refractivity contribution in [2.75, 3.05) is 12.4 Å². The van der Waals surface area contributed by atoms with Crippen LogP contribution in [0.5, 0.6) is 5.75 Å². The fourth-order valence-electron chi connectivity index (χ4n) is 3.39. The summed E-state index contributed by atoms with van der Waals surface area (Å²) in [4.78, 5) is 35.2. The maximum absolute atomic E-state index is 12.4. The van der Waals surface area contributed by atoms with E-state index in [1.54, 1.807) is 0 Å². The van der Waals surface area contributed by atoms with Gasteiger partial charge < -0.3 is 10.1 Å². The maximum atomic E-state index is 12.4. The third kappa shape index (κ3) is 4.54. The van der Waals surface area contributed by atoms with E-state index in [1.807, 2.05) is 18.2 Å². The molecule has 0 spiro atoms. The fraction of sp³-hybridized carbons (Fsp3) is 0.333. The third-order valence-electron chi connectivity index (χ3n) is 4.93. The minimum Gasteiger partial charge on any atom is -0.496 e. The quantitative estimate of drug-likeness (QED) is 0.442. The first-order chi connectivity index (χ1) is 13.5. The molecule has 2 aromatic rings. The van der Waals surface area contributed by atoms with Gasteiger partial charge in [-0.2, -0.15) is 0 Å². The van der Waals surface area contributed by atoms with E-state index in [4.69, 9.17) is 4.74 Å². The molecular weight excluding hydrogens is 360 g/mol. The van der Waals surface area contributed by atoms with Crippen LogP contribution >= 0.6 is 0 Å². The van der Waals surface area contributed by atoms with Crippen LogP contribution in [-0.4, -0.2) is 23.7 Å². The number of hydrogen-bond acceptors (Lipinski definition) is 5. The lowest BCUT2D eigenvalue weighted by molar-refractivity contribution is -0.384. The van der Waals surface area contributed by atoms with Gasteiger partial charge in [-0.05, 0) is 55.0 Å². The second kappa shape index (κ2) is 8.65. The van der Waals surface area contributed by atoms with Gasteiger partial charge in [0.1, 0.15) is 11.4 Å². The summed E-state index contributed by atoms with van der Waals surface area (Å²) in [5.74, 6) is -0.223. The highest BCUT2D eigenvalue weighted by atomic mass is 16.6. The first-order valence-electron chi connectivity index (χ1n) is 9.25. The van der Waals surface area contributed by atoms with Crippen LogP contribution < -0.4 is 10.1 Å². The van der Waals surface area contributed by atoms with E-state index in [0.29, 0.717) is 11.3 Å². The molecule has 1 aliphatic rings. The van der Waals surface area contributed by atoms with E-state index in [-0.39, 0.29) is 30.0 Å². The average Bonchev–Trinajstić information content (AvgIpc) is 2.71. The molecule has 0 saturated heterocycles. The zero-order valence-electron chi connectivity index (χ0n) is 15.7. The van der Waals surface area contributed by atoms with Crippen LogP contribution in [0.4, 0.5) is 11.4 Å². The first kappa shape index (κ1) is 19.5. The van der Waals surface area contributed by atoms with E-state index < -0.39 is 10.8 Å². The average molecular weight is 382 g/mol. The Balaban J connectivity index is 1.61. The number of carbonyl (C=O) groups excluding carboxylic acids is 2. The number of ether oxygens (including phenoxy) is 1. The van der Waals surface area contributed by atoms with Crippen molar-refractivity contribution in [3.8, 4) is 5.75 Å². The number of amides is 1. The number of carbonyl (C=O) groups is 2. The van der Waals surface area contributed by atoms with Crippen molar-refractivity contribution in [1.29, 1.82) is 0 Å². The van der Waals surface area contributed by atoms with Crippen molar-refractivity contribution >= 4 is 23.1 Å². The molecule has 28 heavy (non-hydrogen) atoms. The monoisotopic (exact) mass is 382 g/mol. The lowest BCUT2D eigenvalue weighted by atomic mass is 9.89. The number of anilines is 1. The predicted octanol–water partition coefficient (Wildman–Crippen LogP) is 4.08. The van der Waals surface area contributed by atoms with Gasteiger partial charge in [0.05, 0.1) is 18.1 Å². The molecule has 7 nitrogen and oxygen atoms in total. The third-order valence-corrected chi connectivity index (χ3v) is 4.93. The van der Waals surface area contributed by atoms with Crippen LogP contribution in [0.3, 0.4) is 0 Å². The van der Waals surface area contributed by atoms with Crippen LogP contribution in [0.15, 0.2) is 36.4 Å². The highest BCUT2D eigenvalue weighted by Gasteiger charge is 2.18. The molecule has 3 rings (SSSR count). The largest absolute Gasteiger partial charge is 0.496 e. The summed E-state index contributed by atoms with van der Waals surface area (Å²) < 4.78 is 4.97. The Labute approximate surface area is 162 Å². The molecule has 1 N–H and O–H groups in total. The van der Waals surface area contributed by atoms with Crippen LogP contribution in [0.25, 0.3) is 0 Å². The standard InChI is InChI=1S/C21H22N2O5/c1-28-17-8-9-18(19(13-17)23(26)27)22-21(25)11-10-20(24)16-7-6-14-4-2-3-5-15(14)12-16/h6-9,12-13H,2-5,10-11H2,1H3,(H,22,25). The Morgan fingerprint density at radius 2 is 1.82 bits per heavy atom. The molecule has 146 valence electrons. The Morgan fingerprint density at radius 3 is 2.54 bits per heavy atom. The van der Waals surface area contributed by atoms with E-state index in [9.17, 15) is 19.7 Å². The molecule has 0 saturated carbocycles. The van der Waals surface area contributed by atoms with Crippen LogP contribution in [0.2, 0.25) is 0 Å². The zero-order chi connectivity index (χ0) is 20.1. The number of benzene rings is 2. The van der Waals surface area contributed by atoms with Crippen molar-refractivity contribution in [2.24, 2.45) is 0 Å². The van der Waals surface area contributed by atoms with E-state index >= 15 is 0 Å². The number of rotatable bonds is 7. The summed E-state index contributed by atoms with van der Waals surface area (Å²) in [6, 6.07) is 9.94. The minimum absolute atomic E-state index is 0.0426. The van der Waals surface area contributed by atoms with Crippen LogP contribution in [0.1, 0.15) is 47.2 Å². The Hall–Kier alpha value is -3.22. The van der Waals surface area contributed by atoms with Crippen LogP contribution in [-0.2, 0) is 17.6 Å². The topological polar surface area (TPSA) is 98.5 Å². The number of nitrogens with one attached hydrogen (secondary N) is 1. The summed E-state index contributed by atoms with van der Waals surface area (Å²) >= 11 is 0. The predicted molar refractivity (Wildman–Crippen MR) is 105 cm³/mol. The van der Waals surface area contributed by atoms with Crippen molar-refractivity contribution in [1.82, 2.24) is 0 Å². The molecule has 1 amide bonds. The molecule has 0 aromatic heterocycles. The van der Waals surface area contributed by atoms with Gasteiger partial charge in [0.25, 0.3) is 5.69 Å². The fourth-order valence-corrected chi connectivity index (χ4v) is 3.39. The highest BCUT2D eigenvalue weighted by molar-refractivity contribution is 6.00. The number of nitro benzene ring substituents is 1. The molecule has 0 radical (unpaired) electrons. The summed E-state index contributed by atoms with van der Waals surface area (Å²) in [7, 11) is 1.41. The summed E-state index contributed by atoms with van der Waals surface area (Å²) in [5.41, 5.74) is 2.96. The second-order valence-electron chi connectivity index (χ2n) is 6.80. The number of fused-ring (bicyclic) bond motifs is 1. The summed E-state index contributed by atoms with van der Waals surface area (Å²) in [5, 5.41) is 13.7. The number of aryl methyl sites for hydroxylation is 2. The molecule has 0 heterocycles. The smallest absolute Gasteiger partial charge is 0.296 e. The molecular formula is C21H22N2O5. The molecule has 0 aliphatic heterocycles. The Kier molecular flexibility index (Phi) is 6.03. The van der Waals surface area contributed by atoms with Gasteiger partial charge in [-0.1, -0.05) is 12.1 Å². The second-order valence-corrected chi connectivity index (χ2v) is 6.80. The molecule has 7 heteroatoms. The van der Waals surface area contributed by atoms with E-state index in [2.05, 4.69) is 5.32 Å². The van der Waals surface area contributed by atoms with Crippen molar-refractivity contribution in [2.45, 2.75) is 38.5 Å². The van der Waals surface area contributed by atoms with Gasteiger partial charge in [0, 0.05) is 18.4 Å². The molecule has 0 atom stereocenters. The van der Waals surface area contributed by atoms with E-state index in [1.165, 1.54) is 42.9 Å². The van der Waals surface area contributed by atoms with Crippen molar-refractivity contribution in [3.05, 3.63) is 63.2 Å². The van der Waals surface area contributed by atoms with Gasteiger partial charge in [0.2, 0.25) is 5.91 Å². The number of hydrogen-bond donors (Lipinski definition) is 1. The van der Waals surface area contributed by atoms with Gasteiger partial charge >= 0.3 is 0 Å². The zero-order valence-corrected chi connectivity index (χ0v) is 15.7. The highest BCUT2D eigenvalue weighted by Crippen LogP contribution is 2.29. The molecule has 0 bridgehead atoms. The van der Waals surface area contributed by atoms with Gasteiger partial charge in [-0.15, -0.1) is 0 Å². The van der Waals surface area contributed by atoms with E-state index in [0.717, 1.165) is 19.3 Å². The summed E-state index contributed by atoms with van der Waals surface area (Å²) in [6.45, 7) is 0. The Morgan fingerprint density at radius 1 is 1.07 bits per heavy atom. The lowest BCUT2D eigenvalue weighted by Gasteiger charge is -2.16. The number of Topliss-reactive ketones (excluding diaryl/α,β-unsaturated/α-hetero) is 1. The van der Waals surface area contributed by atoms with Gasteiger partial charge in [0.15, 0.2) is 5.78 Å². The Bertz CT molecular complexity index is 923. The van der Waals surface area contributed by atoms with Crippen molar-refractivity contribution < 1.29 is 19.2 Å². The number of methoxy groups -OCH3 is 1. The van der Waals surface area contributed by atoms with Gasteiger partial charge in [-0.25, -0.2) is 0 Å². The van der Waals surface area contributed by atoms with Crippen molar-refractivity contribution in [3.63, 3.8) is 0 Å². The summed E-state index contributed by atoms with van der Waals surface area (Å²) in [6.07, 6.45) is 4.35. The normalized spacial score (nSPS) is 12.8. The molecule has 2 aromatic carbocycles. The maximum Gasteiger partial charge on any atom is 0.296 e. The number of nitrogens with zero attached hydrogens (tertiary/aromatic N) is 1. The minimum atomic E-state index is -0.587. The van der Waals surface area contributed by atoms with Crippen LogP contribution in [0, 0.1) is 10.1 Å².